The zero-order chi connectivity index (χ0) is 31.2. The molecule has 3 aromatic heterocycles. The molecule has 0 atom stereocenters. The quantitative estimate of drug-likeness (QED) is 0.157. The molecule has 6 aromatic carbocycles. The summed E-state index contributed by atoms with van der Waals surface area (Å²) >= 11 is 0. The third-order valence-corrected chi connectivity index (χ3v) is 8.54. The molecule has 9 rings (SSSR count). The summed E-state index contributed by atoms with van der Waals surface area (Å²) in [6.07, 6.45) is 3.97. The van der Waals surface area contributed by atoms with Gasteiger partial charge in [-0.15, -0.1) is 29.7 Å². The fourth-order valence-electron chi connectivity index (χ4n) is 6.38. The number of hydrogen-bond acceptors (Lipinski definition) is 2. The number of nitrogens with zero attached hydrogens (tertiary/aromatic N) is 4. The molecule has 0 bridgehead atoms. The Balaban J connectivity index is 0.00000336. The van der Waals surface area contributed by atoms with Gasteiger partial charge in [0.25, 0.3) is 0 Å². The van der Waals surface area contributed by atoms with E-state index in [0.29, 0.717) is 11.5 Å². The molecule has 0 spiro atoms. The summed E-state index contributed by atoms with van der Waals surface area (Å²) in [6, 6.07) is 58.8. The van der Waals surface area contributed by atoms with E-state index in [9.17, 15) is 0 Å². The second-order valence-electron chi connectivity index (χ2n) is 11.4. The zero-order valence-electron chi connectivity index (χ0n) is 25.6. The minimum Gasteiger partial charge on any atom is -0.508 e. The number of rotatable bonds is 6. The molecule has 0 aliphatic heterocycles. The summed E-state index contributed by atoms with van der Waals surface area (Å²) in [4.78, 5) is 4.81. The topological polar surface area (TPSA) is 36.9 Å². The molecule has 9 aromatic rings. The van der Waals surface area contributed by atoms with Gasteiger partial charge in [0.05, 0.1) is 0 Å². The fraction of sp³-hybridized carbons (Fsp3) is 0. The molecule has 0 radical (unpaired) electrons. The van der Waals surface area contributed by atoms with Gasteiger partial charge in [-0.3, -0.25) is 0 Å². The normalized spacial score (nSPS) is 11.2. The number of imidazole rings is 1. The van der Waals surface area contributed by atoms with Gasteiger partial charge in [0.2, 0.25) is 0 Å². The van der Waals surface area contributed by atoms with Crippen LogP contribution in [0.5, 0.6) is 11.5 Å². The van der Waals surface area contributed by atoms with Crippen molar-refractivity contribution in [2.24, 2.45) is 0 Å². The van der Waals surface area contributed by atoms with Crippen LogP contribution in [0.2, 0.25) is 0 Å². The molecule has 6 heteroatoms. The van der Waals surface area contributed by atoms with Crippen molar-refractivity contribution in [2.75, 3.05) is 0 Å². The Morgan fingerprint density at radius 3 is 2.04 bits per heavy atom. The van der Waals surface area contributed by atoms with E-state index >= 15 is 0 Å². The molecule has 0 fully saturated rings. The first kappa shape index (κ1) is 29.6. The van der Waals surface area contributed by atoms with Crippen LogP contribution in [0.3, 0.4) is 0 Å². The number of benzene rings is 6. The van der Waals surface area contributed by atoms with E-state index < -0.39 is 0 Å². The average molecular weight is 799 g/mol. The number of aromatic nitrogens is 4. The number of pyridine rings is 1. The van der Waals surface area contributed by atoms with E-state index in [2.05, 4.69) is 141 Å². The predicted octanol–water partition coefficient (Wildman–Crippen LogP) is 10.3. The van der Waals surface area contributed by atoms with Gasteiger partial charge in [-0.1, -0.05) is 90.4 Å². The molecule has 0 unspecified atom stereocenters. The van der Waals surface area contributed by atoms with Crippen LogP contribution in [0.4, 0.5) is 0 Å². The second kappa shape index (κ2) is 12.4. The SMILES string of the molecule is [Pt].[c-]1c(Oc2[c-]c3c(cc2)c2ccccc2n3-c2cc(-c3ccccc3)ccn2)cccc1-n1[cH+]n(-c2ccccc2)c2ccccc21. The summed E-state index contributed by atoms with van der Waals surface area (Å²) in [7, 11) is 0. The van der Waals surface area contributed by atoms with Crippen molar-refractivity contribution in [1.82, 2.24) is 18.7 Å². The number of ether oxygens (including phenoxy) is 1. The number of para-hydroxylation sites is 4. The molecule has 5 nitrogen and oxygen atoms in total. The summed E-state index contributed by atoms with van der Waals surface area (Å²) in [5.74, 6) is 2.03. The molecule has 0 saturated heterocycles. The monoisotopic (exact) mass is 798 g/mol. The number of fused-ring (bicyclic) bond motifs is 4. The summed E-state index contributed by atoms with van der Waals surface area (Å²) in [5, 5.41) is 2.22. The van der Waals surface area contributed by atoms with Gasteiger partial charge in [-0.2, -0.15) is 16.7 Å². The minimum atomic E-state index is 0. The Bertz CT molecular complexity index is 2560. The molecule has 0 saturated carbocycles. The molecule has 48 heavy (non-hydrogen) atoms. The van der Waals surface area contributed by atoms with Gasteiger partial charge in [-0.25, -0.2) is 9.55 Å². The Hall–Kier alpha value is -5.77. The van der Waals surface area contributed by atoms with Crippen LogP contribution >= 0.6 is 0 Å². The standard InChI is InChI=1S/C42H27N4O.Pt/c1-3-12-30(13-4-1)31-24-25-43-42(26-31)46-38-19-8-7-18-36(38)37-23-22-35(28-41(37)46)47-34-17-11-16-33(27-34)45-29-44(32-14-5-2-6-15-32)39-20-9-10-21-40(39)45;/h1-26,29H;/q-1;. The first-order valence-corrected chi connectivity index (χ1v) is 15.6. The minimum absolute atomic E-state index is 0. The smallest absolute Gasteiger partial charge is 0.168 e. The van der Waals surface area contributed by atoms with Crippen LogP contribution in [0.15, 0.2) is 164 Å². The van der Waals surface area contributed by atoms with Crippen LogP contribution in [-0.2, 0) is 21.1 Å². The fourth-order valence-corrected chi connectivity index (χ4v) is 6.38. The van der Waals surface area contributed by atoms with Crippen LogP contribution in [-0.4, -0.2) is 18.7 Å². The maximum absolute atomic E-state index is 6.47. The first-order chi connectivity index (χ1) is 23.3. The van der Waals surface area contributed by atoms with Crippen molar-refractivity contribution in [1.29, 1.82) is 0 Å². The van der Waals surface area contributed by atoms with Crippen molar-refractivity contribution in [2.45, 2.75) is 0 Å². The van der Waals surface area contributed by atoms with Gasteiger partial charge in [-0.05, 0) is 46.8 Å². The molecule has 0 aliphatic carbocycles. The number of hydrogen-bond donors (Lipinski definition) is 0. The van der Waals surface area contributed by atoms with E-state index in [1.807, 2.05) is 48.7 Å². The van der Waals surface area contributed by atoms with E-state index in [1.54, 1.807) is 0 Å². The second-order valence-corrected chi connectivity index (χ2v) is 11.4. The molecular weight excluding hydrogens is 772 g/mol. The Morgan fingerprint density at radius 1 is 0.542 bits per heavy atom. The van der Waals surface area contributed by atoms with Crippen LogP contribution in [0, 0.1) is 12.1 Å². The summed E-state index contributed by atoms with van der Waals surface area (Å²) < 4.78 is 13.0. The largest absolute Gasteiger partial charge is 0.508 e. The van der Waals surface area contributed by atoms with Gasteiger partial charge in [0.15, 0.2) is 17.4 Å². The Labute approximate surface area is 292 Å². The molecule has 3 heterocycles. The average Bonchev–Trinajstić information content (AvgIpc) is 3.69. The van der Waals surface area contributed by atoms with Gasteiger partial charge in [0, 0.05) is 62.1 Å². The maximum Gasteiger partial charge on any atom is 0.168 e. The van der Waals surface area contributed by atoms with Crippen LogP contribution in [0.25, 0.3) is 61.2 Å². The predicted molar refractivity (Wildman–Crippen MR) is 189 cm³/mol. The van der Waals surface area contributed by atoms with Crippen molar-refractivity contribution in [3.05, 3.63) is 176 Å². The molecular formula is C42H27N4OPt-. The molecule has 0 aliphatic rings. The Kier molecular flexibility index (Phi) is 7.68. The first-order valence-electron chi connectivity index (χ1n) is 15.6. The van der Waals surface area contributed by atoms with Crippen molar-refractivity contribution in [3.8, 4) is 39.8 Å². The van der Waals surface area contributed by atoms with Crippen LogP contribution in [0.1, 0.15) is 0 Å². The van der Waals surface area contributed by atoms with E-state index in [4.69, 9.17) is 9.72 Å². The van der Waals surface area contributed by atoms with Crippen LogP contribution < -0.4 is 4.74 Å². The molecule has 232 valence electrons. The third kappa shape index (κ3) is 5.19. The van der Waals surface area contributed by atoms with Crippen molar-refractivity contribution >= 4 is 32.8 Å². The molecule has 0 N–H and O–H groups in total. The summed E-state index contributed by atoms with van der Waals surface area (Å²) in [6.45, 7) is 0. The van der Waals surface area contributed by atoms with Gasteiger partial charge < -0.3 is 9.30 Å². The third-order valence-electron chi connectivity index (χ3n) is 8.54. The van der Waals surface area contributed by atoms with E-state index in [0.717, 1.165) is 61.2 Å². The van der Waals surface area contributed by atoms with E-state index in [-0.39, 0.29) is 21.1 Å². The zero-order valence-corrected chi connectivity index (χ0v) is 27.9. The summed E-state index contributed by atoms with van der Waals surface area (Å²) in [5.41, 5.74) is 8.37. The van der Waals surface area contributed by atoms with Crippen molar-refractivity contribution in [3.63, 3.8) is 0 Å². The van der Waals surface area contributed by atoms with Gasteiger partial charge in [0.1, 0.15) is 11.5 Å². The van der Waals surface area contributed by atoms with Crippen molar-refractivity contribution < 1.29 is 25.8 Å². The van der Waals surface area contributed by atoms with E-state index in [1.165, 1.54) is 0 Å². The van der Waals surface area contributed by atoms with Gasteiger partial charge >= 0.3 is 0 Å². The maximum atomic E-state index is 6.47. The Morgan fingerprint density at radius 2 is 1.23 bits per heavy atom. The molecule has 0 amide bonds.